The largest absolute Gasteiger partial charge is 0.630 e. The highest BCUT2D eigenvalue weighted by Gasteiger charge is 2.27. The first-order valence-corrected chi connectivity index (χ1v) is 6.75. The molecule has 1 aliphatic heterocycles. The molecule has 1 aromatic heterocycles. The van der Waals surface area contributed by atoms with Crippen molar-refractivity contribution in [2.45, 2.75) is 39.3 Å². The van der Waals surface area contributed by atoms with Crippen LogP contribution < -0.4 is 5.48 Å². The number of ether oxygens (including phenoxy) is 1. The SMILES string of the molecule is CC(C)(C)OC(=O)N1CCc2sc([NH2+][O-])cc2C1.O. The van der Waals surface area contributed by atoms with Gasteiger partial charge < -0.3 is 25.8 Å². The number of amides is 1. The molecule has 1 aliphatic rings. The summed E-state index contributed by atoms with van der Waals surface area (Å²) in [5.74, 6) is 0. The third-order valence-electron chi connectivity index (χ3n) is 2.65. The molecule has 0 aliphatic carbocycles. The van der Waals surface area contributed by atoms with Crippen molar-refractivity contribution in [2.24, 2.45) is 0 Å². The predicted molar refractivity (Wildman–Crippen MR) is 73.2 cm³/mol. The molecule has 108 valence electrons. The molecule has 1 amide bonds. The van der Waals surface area contributed by atoms with E-state index in [2.05, 4.69) is 0 Å². The first-order valence-electron chi connectivity index (χ1n) is 5.94. The van der Waals surface area contributed by atoms with Gasteiger partial charge in [0.25, 0.3) is 0 Å². The Labute approximate surface area is 116 Å². The fourth-order valence-electron chi connectivity index (χ4n) is 1.90. The van der Waals surface area contributed by atoms with E-state index in [1.807, 2.05) is 26.8 Å². The van der Waals surface area contributed by atoms with E-state index in [1.54, 1.807) is 4.90 Å². The predicted octanol–water partition coefficient (Wildman–Crippen LogP) is 0.909. The van der Waals surface area contributed by atoms with Crippen LogP contribution in [0.5, 0.6) is 0 Å². The molecular formula is C12H20N2O4S. The molecule has 1 aromatic rings. The van der Waals surface area contributed by atoms with Crippen molar-refractivity contribution >= 4 is 22.4 Å². The number of carbonyl (C=O) groups excluding carboxylic acids is 1. The molecule has 7 heteroatoms. The Morgan fingerprint density at radius 3 is 2.79 bits per heavy atom. The van der Waals surface area contributed by atoms with Gasteiger partial charge in [-0.1, -0.05) is 11.3 Å². The molecule has 0 atom stereocenters. The fraction of sp³-hybridized carbons (Fsp3) is 0.583. The van der Waals surface area contributed by atoms with Gasteiger partial charge in [-0.05, 0) is 26.3 Å². The lowest BCUT2D eigenvalue weighted by Gasteiger charge is -2.29. The lowest BCUT2D eigenvalue weighted by molar-refractivity contribution is -0.492. The van der Waals surface area contributed by atoms with E-state index in [0.717, 1.165) is 22.5 Å². The minimum absolute atomic E-state index is 0. The van der Waals surface area contributed by atoms with Gasteiger partial charge in [0.05, 0.1) is 6.54 Å². The second kappa shape index (κ2) is 5.87. The maximum absolute atomic E-state index is 11.9. The number of nitrogens with zero attached hydrogens (tertiary/aromatic N) is 1. The number of fused-ring (bicyclic) bond motifs is 1. The summed E-state index contributed by atoms with van der Waals surface area (Å²) in [7, 11) is 0. The van der Waals surface area contributed by atoms with E-state index in [4.69, 9.17) is 4.74 Å². The van der Waals surface area contributed by atoms with Crippen molar-refractivity contribution in [3.05, 3.63) is 21.7 Å². The Balaban J connectivity index is 0.00000180. The Morgan fingerprint density at radius 2 is 2.21 bits per heavy atom. The van der Waals surface area contributed by atoms with Crippen LogP contribution in [0.25, 0.3) is 0 Å². The number of hydrogen-bond donors (Lipinski definition) is 1. The van der Waals surface area contributed by atoms with E-state index in [-0.39, 0.29) is 11.6 Å². The van der Waals surface area contributed by atoms with Crippen LogP contribution in [-0.4, -0.2) is 28.6 Å². The fourth-order valence-corrected chi connectivity index (χ4v) is 2.88. The molecule has 6 nitrogen and oxygen atoms in total. The molecular weight excluding hydrogens is 268 g/mol. The Hall–Kier alpha value is -1.15. The van der Waals surface area contributed by atoms with Crippen LogP contribution in [-0.2, 0) is 17.7 Å². The van der Waals surface area contributed by atoms with E-state index < -0.39 is 5.60 Å². The van der Waals surface area contributed by atoms with Gasteiger partial charge in [-0.2, -0.15) is 0 Å². The Kier molecular flexibility index (Phi) is 4.92. The van der Waals surface area contributed by atoms with Crippen molar-refractivity contribution in [1.29, 1.82) is 0 Å². The first-order chi connectivity index (χ1) is 8.39. The highest BCUT2D eigenvalue weighted by atomic mass is 32.1. The van der Waals surface area contributed by atoms with Gasteiger partial charge in [0, 0.05) is 23.9 Å². The zero-order chi connectivity index (χ0) is 13.3. The third-order valence-corrected chi connectivity index (χ3v) is 3.82. The van der Waals surface area contributed by atoms with Crippen LogP contribution in [0.3, 0.4) is 0 Å². The summed E-state index contributed by atoms with van der Waals surface area (Å²) in [5.41, 5.74) is 1.46. The molecule has 0 aromatic carbocycles. The minimum Gasteiger partial charge on any atom is -0.630 e. The maximum atomic E-state index is 11.9. The number of quaternary nitrogens is 1. The van der Waals surface area contributed by atoms with E-state index in [9.17, 15) is 10.0 Å². The highest BCUT2D eigenvalue weighted by Crippen LogP contribution is 2.29. The number of carbonyl (C=O) groups is 1. The Bertz CT molecular complexity index is 453. The van der Waals surface area contributed by atoms with Crippen molar-refractivity contribution in [3.63, 3.8) is 0 Å². The van der Waals surface area contributed by atoms with Gasteiger partial charge in [0.15, 0.2) is 5.00 Å². The molecule has 4 N–H and O–H groups in total. The molecule has 0 radical (unpaired) electrons. The third kappa shape index (κ3) is 3.90. The van der Waals surface area contributed by atoms with Gasteiger partial charge in [0.1, 0.15) is 5.60 Å². The van der Waals surface area contributed by atoms with E-state index in [1.165, 1.54) is 16.2 Å². The van der Waals surface area contributed by atoms with Crippen molar-refractivity contribution in [2.75, 3.05) is 6.54 Å². The Morgan fingerprint density at radius 1 is 1.53 bits per heavy atom. The molecule has 2 rings (SSSR count). The summed E-state index contributed by atoms with van der Waals surface area (Å²) in [6, 6.07) is 1.86. The summed E-state index contributed by atoms with van der Waals surface area (Å²) >= 11 is 1.52. The van der Waals surface area contributed by atoms with Gasteiger partial charge in [-0.3, -0.25) is 0 Å². The van der Waals surface area contributed by atoms with Gasteiger partial charge in [0.2, 0.25) is 0 Å². The zero-order valence-electron chi connectivity index (χ0n) is 11.4. The van der Waals surface area contributed by atoms with Crippen LogP contribution in [0.4, 0.5) is 9.80 Å². The van der Waals surface area contributed by atoms with Gasteiger partial charge in [-0.25, -0.2) is 4.79 Å². The van der Waals surface area contributed by atoms with Crippen molar-refractivity contribution < 1.29 is 20.5 Å². The van der Waals surface area contributed by atoms with Crippen molar-refractivity contribution in [3.8, 4) is 0 Å². The molecule has 0 bridgehead atoms. The molecule has 19 heavy (non-hydrogen) atoms. The molecule has 0 spiro atoms. The van der Waals surface area contributed by atoms with Crippen LogP contribution in [0.15, 0.2) is 6.07 Å². The normalized spacial score (nSPS) is 14.6. The maximum Gasteiger partial charge on any atom is 0.410 e. The standard InChI is InChI=1S/C12H18N2O3S.H2O/c1-12(2,3)17-11(15)14-5-4-9-8(7-14)6-10(13-16)18-9;/h6H,4-5,7,13H2,1-3H3;1H2. The molecule has 0 unspecified atom stereocenters. The molecule has 0 fully saturated rings. The van der Waals surface area contributed by atoms with Gasteiger partial charge >= 0.3 is 6.09 Å². The number of hydrogen-bond acceptors (Lipinski definition) is 4. The average Bonchev–Trinajstić information content (AvgIpc) is 2.68. The molecule has 0 saturated carbocycles. The highest BCUT2D eigenvalue weighted by molar-refractivity contribution is 7.15. The smallest absolute Gasteiger partial charge is 0.410 e. The number of rotatable bonds is 1. The zero-order valence-corrected chi connectivity index (χ0v) is 12.2. The lowest BCUT2D eigenvalue weighted by atomic mass is 10.1. The lowest BCUT2D eigenvalue weighted by Crippen LogP contribution is -2.69. The van der Waals surface area contributed by atoms with E-state index in [0.29, 0.717) is 13.1 Å². The summed E-state index contributed by atoms with van der Waals surface area (Å²) in [5, 5.41) is 11.5. The summed E-state index contributed by atoms with van der Waals surface area (Å²) < 4.78 is 5.35. The summed E-state index contributed by atoms with van der Waals surface area (Å²) in [4.78, 5) is 14.8. The molecule has 2 heterocycles. The summed E-state index contributed by atoms with van der Waals surface area (Å²) in [6.07, 6.45) is 0.514. The van der Waals surface area contributed by atoms with Crippen LogP contribution in [0, 0.1) is 5.21 Å². The second-order valence-corrected chi connectivity index (χ2v) is 6.54. The number of nitrogens with two attached hydrogens (primary N) is 1. The van der Waals surface area contributed by atoms with Crippen LogP contribution in [0.2, 0.25) is 0 Å². The monoisotopic (exact) mass is 288 g/mol. The average molecular weight is 288 g/mol. The quantitative estimate of drug-likeness (QED) is 0.777. The minimum atomic E-state index is -0.472. The topological polar surface area (TPSA) is 101 Å². The number of thiophene rings is 1. The first kappa shape index (κ1) is 15.9. The molecule has 0 saturated heterocycles. The summed E-state index contributed by atoms with van der Waals surface area (Å²) in [6.45, 7) is 6.76. The second-order valence-electron chi connectivity index (χ2n) is 5.37. The van der Waals surface area contributed by atoms with Crippen molar-refractivity contribution in [1.82, 2.24) is 4.90 Å². The van der Waals surface area contributed by atoms with Gasteiger partial charge in [-0.15, -0.1) is 0 Å². The van der Waals surface area contributed by atoms with E-state index >= 15 is 0 Å². The van der Waals surface area contributed by atoms with Crippen LogP contribution >= 0.6 is 11.3 Å². The van der Waals surface area contributed by atoms with Crippen LogP contribution in [0.1, 0.15) is 31.2 Å².